The summed E-state index contributed by atoms with van der Waals surface area (Å²) in [5.41, 5.74) is 1.89. The summed E-state index contributed by atoms with van der Waals surface area (Å²) in [6.07, 6.45) is 2.34. The van der Waals surface area contributed by atoms with Gasteiger partial charge in [0.2, 0.25) is 5.91 Å². The van der Waals surface area contributed by atoms with E-state index in [1.54, 1.807) is 0 Å². The number of carbonyl (C=O) groups excluding carboxylic acids is 1. The summed E-state index contributed by atoms with van der Waals surface area (Å²) in [6.45, 7) is 4.65. The van der Waals surface area contributed by atoms with E-state index in [-0.39, 0.29) is 5.91 Å². The first-order valence-electron chi connectivity index (χ1n) is 5.34. The summed E-state index contributed by atoms with van der Waals surface area (Å²) in [6, 6.07) is 7.75. The van der Waals surface area contributed by atoms with Gasteiger partial charge in [-0.05, 0) is 24.6 Å². The molecule has 0 fully saturated rings. The van der Waals surface area contributed by atoms with Gasteiger partial charge < -0.3 is 10.6 Å². The maximum atomic E-state index is 10.9. The van der Waals surface area contributed by atoms with E-state index in [0.29, 0.717) is 0 Å². The molecule has 2 N–H and O–H groups in total. The number of hydrogen-bond acceptors (Lipinski definition) is 2. The van der Waals surface area contributed by atoms with Crippen molar-refractivity contribution >= 4 is 17.3 Å². The van der Waals surface area contributed by atoms with Gasteiger partial charge in [-0.15, -0.1) is 0 Å². The van der Waals surface area contributed by atoms with E-state index in [4.69, 9.17) is 0 Å². The van der Waals surface area contributed by atoms with Crippen molar-refractivity contribution in [3.63, 3.8) is 0 Å². The second-order valence-electron chi connectivity index (χ2n) is 3.54. The van der Waals surface area contributed by atoms with Crippen LogP contribution in [0.5, 0.6) is 0 Å². The Balaban J connectivity index is 2.53. The summed E-state index contributed by atoms with van der Waals surface area (Å²) in [4.78, 5) is 10.9. The predicted octanol–water partition coefficient (Wildman–Crippen LogP) is 2.86. The third-order valence-corrected chi connectivity index (χ3v) is 2.04. The Morgan fingerprint density at radius 2 is 2.07 bits per heavy atom. The standard InChI is InChI=1S/C12H18N2O/c1-3-4-8-13-11-6-5-7-12(9-11)14-10(2)15/h5-7,9,13H,3-4,8H2,1-2H3,(H,14,15). The Morgan fingerprint density at radius 3 is 2.73 bits per heavy atom. The number of anilines is 2. The second kappa shape index (κ2) is 6.06. The third kappa shape index (κ3) is 4.49. The SMILES string of the molecule is CCCCNc1cccc(NC(C)=O)c1. The minimum Gasteiger partial charge on any atom is -0.385 e. The second-order valence-corrected chi connectivity index (χ2v) is 3.54. The number of carbonyl (C=O) groups is 1. The van der Waals surface area contributed by atoms with Crippen LogP contribution in [0, 0.1) is 0 Å². The van der Waals surface area contributed by atoms with Crippen LogP contribution in [0.15, 0.2) is 24.3 Å². The minimum absolute atomic E-state index is 0.0410. The van der Waals surface area contributed by atoms with Crippen LogP contribution in [0.2, 0.25) is 0 Å². The summed E-state index contributed by atoms with van der Waals surface area (Å²) < 4.78 is 0. The largest absolute Gasteiger partial charge is 0.385 e. The highest BCUT2D eigenvalue weighted by Crippen LogP contribution is 2.14. The van der Waals surface area contributed by atoms with Gasteiger partial charge >= 0.3 is 0 Å². The van der Waals surface area contributed by atoms with Crippen LogP contribution in [-0.2, 0) is 4.79 Å². The van der Waals surface area contributed by atoms with E-state index in [1.165, 1.54) is 13.3 Å². The molecule has 0 aromatic heterocycles. The van der Waals surface area contributed by atoms with Crippen molar-refractivity contribution in [1.82, 2.24) is 0 Å². The normalized spacial score (nSPS) is 9.73. The lowest BCUT2D eigenvalue weighted by atomic mass is 10.2. The minimum atomic E-state index is -0.0410. The smallest absolute Gasteiger partial charge is 0.221 e. The first kappa shape index (κ1) is 11.6. The average molecular weight is 206 g/mol. The van der Waals surface area contributed by atoms with Crippen molar-refractivity contribution in [3.05, 3.63) is 24.3 Å². The van der Waals surface area contributed by atoms with Gasteiger partial charge in [-0.2, -0.15) is 0 Å². The van der Waals surface area contributed by atoms with Gasteiger partial charge in [-0.1, -0.05) is 19.4 Å². The van der Waals surface area contributed by atoms with Crippen LogP contribution in [-0.4, -0.2) is 12.5 Å². The molecule has 15 heavy (non-hydrogen) atoms. The molecule has 1 amide bonds. The van der Waals surface area contributed by atoms with Gasteiger partial charge in [0.05, 0.1) is 0 Å². The molecule has 0 radical (unpaired) electrons. The molecule has 0 heterocycles. The molecule has 0 saturated carbocycles. The highest BCUT2D eigenvalue weighted by Gasteiger charge is 1.96. The van der Waals surface area contributed by atoms with Crippen LogP contribution in [0.1, 0.15) is 26.7 Å². The maximum Gasteiger partial charge on any atom is 0.221 e. The van der Waals surface area contributed by atoms with Crippen LogP contribution in [0.4, 0.5) is 11.4 Å². The van der Waals surface area contributed by atoms with Crippen LogP contribution >= 0.6 is 0 Å². The Morgan fingerprint density at radius 1 is 1.33 bits per heavy atom. The summed E-state index contributed by atoms with van der Waals surface area (Å²) in [7, 11) is 0. The van der Waals surface area contributed by atoms with Crippen LogP contribution in [0.3, 0.4) is 0 Å². The molecule has 1 aromatic rings. The molecule has 0 saturated heterocycles. The Labute approximate surface area is 90.9 Å². The third-order valence-electron chi connectivity index (χ3n) is 2.04. The van der Waals surface area contributed by atoms with E-state index < -0.39 is 0 Å². The molecule has 0 aliphatic carbocycles. The van der Waals surface area contributed by atoms with Crippen molar-refractivity contribution < 1.29 is 4.79 Å². The molecule has 0 aliphatic rings. The average Bonchev–Trinajstić information content (AvgIpc) is 2.18. The summed E-state index contributed by atoms with van der Waals surface area (Å²) in [5.74, 6) is -0.0410. The number of nitrogens with one attached hydrogen (secondary N) is 2. The lowest BCUT2D eigenvalue weighted by molar-refractivity contribution is -0.114. The number of benzene rings is 1. The van der Waals surface area contributed by atoms with Gasteiger partial charge in [-0.3, -0.25) is 4.79 Å². The first-order chi connectivity index (χ1) is 7.22. The number of amides is 1. The fraction of sp³-hybridized carbons (Fsp3) is 0.417. The monoisotopic (exact) mass is 206 g/mol. The fourth-order valence-corrected chi connectivity index (χ4v) is 1.32. The lowest BCUT2D eigenvalue weighted by Crippen LogP contribution is -2.06. The maximum absolute atomic E-state index is 10.9. The van der Waals surface area contributed by atoms with E-state index in [9.17, 15) is 4.79 Å². The van der Waals surface area contributed by atoms with E-state index in [2.05, 4.69) is 17.6 Å². The number of hydrogen-bond donors (Lipinski definition) is 2. The van der Waals surface area contributed by atoms with E-state index >= 15 is 0 Å². The lowest BCUT2D eigenvalue weighted by Gasteiger charge is -2.07. The molecular formula is C12H18N2O. The van der Waals surface area contributed by atoms with Gasteiger partial charge in [0, 0.05) is 24.8 Å². The molecule has 1 aromatic carbocycles. The van der Waals surface area contributed by atoms with Gasteiger partial charge in [0.15, 0.2) is 0 Å². The van der Waals surface area contributed by atoms with Gasteiger partial charge in [-0.25, -0.2) is 0 Å². The molecule has 3 heteroatoms. The van der Waals surface area contributed by atoms with Crippen molar-refractivity contribution in [2.24, 2.45) is 0 Å². The van der Waals surface area contributed by atoms with E-state index in [1.807, 2.05) is 24.3 Å². The molecule has 0 aliphatic heterocycles. The van der Waals surface area contributed by atoms with Crippen LogP contribution < -0.4 is 10.6 Å². The van der Waals surface area contributed by atoms with Crippen LogP contribution in [0.25, 0.3) is 0 Å². The molecule has 1 rings (SSSR count). The van der Waals surface area contributed by atoms with Crippen molar-refractivity contribution in [2.45, 2.75) is 26.7 Å². The number of unbranched alkanes of at least 4 members (excludes halogenated alkanes) is 1. The summed E-state index contributed by atoms with van der Waals surface area (Å²) in [5, 5.41) is 6.06. The molecule has 0 spiro atoms. The molecule has 0 unspecified atom stereocenters. The molecule has 0 bridgehead atoms. The van der Waals surface area contributed by atoms with E-state index in [0.717, 1.165) is 24.3 Å². The van der Waals surface area contributed by atoms with Gasteiger partial charge in [0.1, 0.15) is 0 Å². The first-order valence-corrected chi connectivity index (χ1v) is 5.34. The molecule has 0 atom stereocenters. The molecule has 82 valence electrons. The van der Waals surface area contributed by atoms with Crippen molar-refractivity contribution in [1.29, 1.82) is 0 Å². The predicted molar refractivity (Wildman–Crippen MR) is 64.1 cm³/mol. The zero-order valence-electron chi connectivity index (χ0n) is 9.34. The number of rotatable bonds is 5. The Bertz CT molecular complexity index is 323. The van der Waals surface area contributed by atoms with Crippen molar-refractivity contribution in [3.8, 4) is 0 Å². The summed E-state index contributed by atoms with van der Waals surface area (Å²) >= 11 is 0. The highest BCUT2D eigenvalue weighted by molar-refractivity contribution is 5.89. The Kier molecular flexibility index (Phi) is 4.68. The molecular weight excluding hydrogens is 188 g/mol. The molecule has 3 nitrogen and oxygen atoms in total. The highest BCUT2D eigenvalue weighted by atomic mass is 16.1. The zero-order valence-corrected chi connectivity index (χ0v) is 9.34. The van der Waals surface area contributed by atoms with Gasteiger partial charge in [0.25, 0.3) is 0 Å². The quantitative estimate of drug-likeness (QED) is 0.727. The topological polar surface area (TPSA) is 41.1 Å². The zero-order chi connectivity index (χ0) is 11.1. The fourth-order valence-electron chi connectivity index (χ4n) is 1.32. The Hall–Kier alpha value is -1.51. The van der Waals surface area contributed by atoms with Crippen molar-refractivity contribution in [2.75, 3.05) is 17.2 Å².